The zero-order valence-corrected chi connectivity index (χ0v) is 22.4. The van der Waals surface area contributed by atoms with Crippen LogP contribution < -0.4 is 27.8 Å². The molecule has 0 aromatic heterocycles. The molecule has 0 amide bonds. The molecule has 3 fully saturated rings. The molecule has 2 aliphatic heterocycles. The molecule has 2 saturated heterocycles. The predicted octanol–water partition coefficient (Wildman–Crippen LogP) is -5.41. The number of aliphatic hydroxyl groups is 6. The first-order valence-electron chi connectivity index (χ1n) is 13.6. The van der Waals surface area contributed by atoms with Crippen molar-refractivity contribution in [3.8, 4) is 0 Å². The molecule has 3 rings (SSSR count). The van der Waals surface area contributed by atoms with Gasteiger partial charge in [0.05, 0.1) is 37.4 Å². The molecule has 0 bridgehead atoms. The van der Waals surface area contributed by atoms with Gasteiger partial charge in [-0.1, -0.05) is 0 Å². The number of alkyl halides is 2. The quantitative estimate of drug-likeness (QED) is 0.0564. The molecule has 1 saturated carbocycles. The minimum Gasteiger partial charge on any atom is -0.395 e. The Labute approximate surface area is 235 Å². The van der Waals surface area contributed by atoms with Gasteiger partial charge < -0.3 is 77.4 Å². The van der Waals surface area contributed by atoms with Crippen molar-refractivity contribution in [3.05, 3.63) is 0 Å². The number of nitrogens with two attached hydrogens (primary N) is 3. The van der Waals surface area contributed by atoms with E-state index in [0.717, 1.165) is 0 Å². The van der Waals surface area contributed by atoms with Crippen molar-refractivity contribution < 1.29 is 58.4 Å². The molecule has 3 aliphatic rings. The smallest absolute Gasteiger partial charge is 0.271 e. The Kier molecular flexibility index (Phi) is 12.9. The summed E-state index contributed by atoms with van der Waals surface area (Å²) in [6, 6.07) is -4.02. The molecule has 0 radical (unpaired) electrons. The number of nitrogens with one attached hydrogen (secondary N) is 3. The summed E-state index contributed by atoms with van der Waals surface area (Å²) in [5.41, 5.74) is 18.4. The van der Waals surface area contributed by atoms with Crippen LogP contribution in [0.2, 0.25) is 0 Å². The molecular formula is C23H44F2N6O10. The third-order valence-corrected chi connectivity index (χ3v) is 7.57. The van der Waals surface area contributed by atoms with Gasteiger partial charge >= 0.3 is 0 Å². The molecule has 14 atom stereocenters. The second-order valence-corrected chi connectivity index (χ2v) is 10.6. The average molecular weight is 603 g/mol. The summed E-state index contributed by atoms with van der Waals surface area (Å²) in [6.45, 7) is 0.0381. The van der Waals surface area contributed by atoms with E-state index in [0.29, 0.717) is 25.9 Å². The fourth-order valence-corrected chi connectivity index (χ4v) is 5.18. The van der Waals surface area contributed by atoms with E-state index in [1.165, 1.54) is 0 Å². The van der Waals surface area contributed by atoms with Crippen LogP contribution in [0, 0.1) is 5.41 Å². The minimum atomic E-state index is -3.27. The zero-order valence-electron chi connectivity index (χ0n) is 22.4. The molecule has 18 heteroatoms. The van der Waals surface area contributed by atoms with Gasteiger partial charge in [0.15, 0.2) is 18.7 Å². The fourth-order valence-electron chi connectivity index (χ4n) is 5.18. The number of hydrogen-bond donors (Lipinski definition) is 12. The topological polar surface area (TPSA) is 284 Å². The van der Waals surface area contributed by atoms with Gasteiger partial charge in [-0.3, -0.25) is 5.41 Å². The Morgan fingerprint density at radius 3 is 2.27 bits per heavy atom. The van der Waals surface area contributed by atoms with Crippen molar-refractivity contribution in [1.29, 1.82) is 5.41 Å². The van der Waals surface area contributed by atoms with E-state index in [4.69, 9.17) is 46.7 Å². The lowest BCUT2D eigenvalue weighted by atomic mass is 9.83. The van der Waals surface area contributed by atoms with Crippen molar-refractivity contribution in [2.24, 2.45) is 17.2 Å². The lowest BCUT2D eigenvalue weighted by molar-refractivity contribution is -0.313. The molecule has 15 N–H and O–H groups in total. The summed E-state index contributed by atoms with van der Waals surface area (Å²) in [5, 5.41) is 73.6. The summed E-state index contributed by atoms with van der Waals surface area (Å²) >= 11 is 0. The van der Waals surface area contributed by atoms with Crippen LogP contribution in [0.15, 0.2) is 0 Å². The van der Waals surface area contributed by atoms with Gasteiger partial charge in [0.2, 0.25) is 0 Å². The molecule has 16 nitrogen and oxygen atoms in total. The fraction of sp³-hybridized carbons (Fsp3) is 0.957. The van der Waals surface area contributed by atoms with Crippen LogP contribution in [0.1, 0.15) is 19.3 Å². The monoisotopic (exact) mass is 602 g/mol. The zero-order chi connectivity index (χ0) is 30.4. The number of aliphatic hydroxyl groups excluding tert-OH is 6. The van der Waals surface area contributed by atoms with Gasteiger partial charge in [0.1, 0.15) is 42.5 Å². The second kappa shape index (κ2) is 15.5. The summed E-state index contributed by atoms with van der Waals surface area (Å²) in [4.78, 5) is 0. The SMILES string of the molecule is N=C(N[C@@H]1C[C@H](N)C(O[C@H]2O[C@H](CNCCO)CCC2N)C(O)C1O[C@H]1OC(CO)C(O)[C@H](N)C1O)C(O)C(F)F. The van der Waals surface area contributed by atoms with Gasteiger partial charge in [-0.15, -0.1) is 0 Å². The molecule has 0 aromatic rings. The van der Waals surface area contributed by atoms with E-state index in [-0.39, 0.29) is 19.1 Å². The highest BCUT2D eigenvalue weighted by Crippen LogP contribution is 2.31. The van der Waals surface area contributed by atoms with Crippen LogP contribution >= 0.6 is 0 Å². The maximum Gasteiger partial charge on any atom is 0.271 e. The molecule has 0 aromatic carbocycles. The lowest BCUT2D eigenvalue weighted by Crippen LogP contribution is -2.69. The van der Waals surface area contributed by atoms with Crippen LogP contribution in [0.5, 0.6) is 0 Å². The summed E-state index contributed by atoms with van der Waals surface area (Å²) in [5.74, 6) is -0.960. The maximum atomic E-state index is 13.0. The normalized spacial score (nSPS) is 42.7. The van der Waals surface area contributed by atoms with Crippen molar-refractivity contribution in [3.63, 3.8) is 0 Å². The Morgan fingerprint density at radius 2 is 1.63 bits per heavy atom. The van der Waals surface area contributed by atoms with E-state index >= 15 is 0 Å². The maximum absolute atomic E-state index is 13.0. The van der Waals surface area contributed by atoms with Crippen molar-refractivity contribution in [2.75, 3.05) is 26.3 Å². The van der Waals surface area contributed by atoms with Gasteiger partial charge in [-0.2, -0.15) is 0 Å². The summed E-state index contributed by atoms with van der Waals surface area (Å²) in [7, 11) is 0. The Bertz CT molecular complexity index is 825. The number of ether oxygens (including phenoxy) is 4. The Hall–Kier alpha value is -1.23. The highest BCUT2D eigenvalue weighted by molar-refractivity contribution is 5.84. The molecule has 2 heterocycles. The van der Waals surface area contributed by atoms with E-state index in [9.17, 15) is 34.3 Å². The highest BCUT2D eigenvalue weighted by Gasteiger charge is 2.51. The van der Waals surface area contributed by atoms with Gasteiger partial charge in [0, 0.05) is 19.1 Å². The van der Waals surface area contributed by atoms with Crippen molar-refractivity contribution in [2.45, 2.75) is 111 Å². The molecular weight excluding hydrogens is 558 g/mol. The molecule has 8 unspecified atom stereocenters. The van der Waals surface area contributed by atoms with Crippen LogP contribution in [0.3, 0.4) is 0 Å². The first-order valence-corrected chi connectivity index (χ1v) is 13.6. The van der Waals surface area contributed by atoms with Crippen LogP contribution in [-0.4, -0.2) is 155 Å². The van der Waals surface area contributed by atoms with Gasteiger partial charge in [-0.05, 0) is 19.3 Å². The first kappa shape index (κ1) is 34.3. The molecule has 240 valence electrons. The largest absolute Gasteiger partial charge is 0.395 e. The second-order valence-electron chi connectivity index (χ2n) is 10.6. The third kappa shape index (κ3) is 8.45. The van der Waals surface area contributed by atoms with E-state index in [1.54, 1.807) is 0 Å². The van der Waals surface area contributed by atoms with Gasteiger partial charge in [0.25, 0.3) is 6.43 Å². The lowest BCUT2D eigenvalue weighted by Gasteiger charge is -2.48. The van der Waals surface area contributed by atoms with Gasteiger partial charge in [-0.25, -0.2) is 8.78 Å². The van der Waals surface area contributed by atoms with Crippen LogP contribution in [0.4, 0.5) is 8.78 Å². The van der Waals surface area contributed by atoms with Crippen LogP contribution in [-0.2, 0) is 18.9 Å². The van der Waals surface area contributed by atoms with Crippen LogP contribution in [0.25, 0.3) is 0 Å². The average Bonchev–Trinajstić information content (AvgIpc) is 2.94. The minimum absolute atomic E-state index is 0.0556. The molecule has 41 heavy (non-hydrogen) atoms. The van der Waals surface area contributed by atoms with E-state index in [2.05, 4.69) is 10.6 Å². The molecule has 1 aliphatic carbocycles. The van der Waals surface area contributed by atoms with Crippen molar-refractivity contribution in [1.82, 2.24) is 10.6 Å². The first-order chi connectivity index (χ1) is 19.4. The highest BCUT2D eigenvalue weighted by atomic mass is 19.3. The van der Waals surface area contributed by atoms with E-state index < -0.39 is 98.3 Å². The van der Waals surface area contributed by atoms with Crippen molar-refractivity contribution >= 4 is 5.84 Å². The Balaban J connectivity index is 1.80. The third-order valence-electron chi connectivity index (χ3n) is 7.57. The standard InChI is InChI=1S/C23H44F2N6O10/c24-20(25)17(37)21(29)31-11-5-10(27)18(40-22-9(26)2-1-8(38-22)6-30-3-4-32)16(36)19(11)41-23-15(35)13(28)14(34)12(7-33)39-23/h8-20,22-23,30,32-37H,1-7,26-28H2,(H2,29,31)/t8-,9?,10-,11+,12?,13-,14?,15?,16?,17?,18?,19?,22+,23+/m0/s1. The number of rotatable bonds is 12. The summed E-state index contributed by atoms with van der Waals surface area (Å²) in [6.07, 6.45) is -16.2. The predicted molar refractivity (Wildman–Crippen MR) is 137 cm³/mol. The summed E-state index contributed by atoms with van der Waals surface area (Å²) < 4.78 is 49.4. The van der Waals surface area contributed by atoms with E-state index in [1.807, 2.05) is 0 Å². The number of halogens is 2. The number of hydrogen-bond acceptors (Lipinski definition) is 15. The Morgan fingerprint density at radius 1 is 0.951 bits per heavy atom. The number of amidine groups is 1. The molecule has 0 spiro atoms.